The van der Waals surface area contributed by atoms with Crippen LogP contribution in [0.2, 0.25) is 0 Å². The summed E-state index contributed by atoms with van der Waals surface area (Å²) in [7, 11) is -3.20. The van der Waals surface area contributed by atoms with E-state index in [0.29, 0.717) is 5.56 Å². The highest BCUT2D eigenvalue weighted by molar-refractivity contribution is 7.89. The molecule has 5 heteroatoms. The predicted molar refractivity (Wildman–Crippen MR) is 62.2 cm³/mol. The number of benzene rings is 1. The summed E-state index contributed by atoms with van der Waals surface area (Å²) in [5.74, 6) is 0.0631. The van der Waals surface area contributed by atoms with Crippen molar-refractivity contribution in [3.63, 3.8) is 0 Å². The van der Waals surface area contributed by atoms with Gasteiger partial charge in [0, 0.05) is 6.04 Å². The maximum atomic E-state index is 11.3. The molecule has 0 saturated carbocycles. The standard InChI is InChI=1S/C11H14N2O2S/c1-3-16(14,15)13-9(2)11-6-4-10(8-12)5-7-11/h4-7,9,13H,3H2,1-2H3. The molecule has 1 atom stereocenters. The van der Waals surface area contributed by atoms with Gasteiger partial charge < -0.3 is 0 Å². The van der Waals surface area contributed by atoms with Crippen LogP contribution in [0.4, 0.5) is 0 Å². The number of hydrogen-bond acceptors (Lipinski definition) is 3. The van der Waals surface area contributed by atoms with Gasteiger partial charge in [0.15, 0.2) is 0 Å². The molecule has 1 aromatic carbocycles. The second-order valence-corrected chi connectivity index (χ2v) is 5.52. The second kappa shape index (κ2) is 5.10. The lowest BCUT2D eigenvalue weighted by atomic mass is 10.1. The fourth-order valence-corrected chi connectivity index (χ4v) is 2.11. The Bertz CT molecular complexity index is 486. The second-order valence-electron chi connectivity index (χ2n) is 3.48. The van der Waals surface area contributed by atoms with Gasteiger partial charge in [-0.25, -0.2) is 13.1 Å². The molecule has 0 aromatic heterocycles. The van der Waals surface area contributed by atoms with Crippen LogP contribution in [0.3, 0.4) is 0 Å². The third-order valence-corrected chi connectivity index (χ3v) is 3.75. The Morgan fingerprint density at radius 2 is 1.94 bits per heavy atom. The van der Waals surface area contributed by atoms with Crippen LogP contribution in [0.15, 0.2) is 24.3 Å². The number of rotatable bonds is 4. The molecule has 1 aromatic rings. The van der Waals surface area contributed by atoms with Crippen LogP contribution in [-0.2, 0) is 10.0 Å². The van der Waals surface area contributed by atoms with Crippen molar-refractivity contribution >= 4 is 10.0 Å². The lowest BCUT2D eigenvalue weighted by molar-refractivity contribution is 0.568. The van der Waals surface area contributed by atoms with E-state index in [0.717, 1.165) is 5.56 Å². The summed E-state index contributed by atoms with van der Waals surface area (Å²) in [4.78, 5) is 0. The number of hydrogen-bond donors (Lipinski definition) is 1. The van der Waals surface area contributed by atoms with Gasteiger partial charge in [-0.2, -0.15) is 5.26 Å². The summed E-state index contributed by atoms with van der Waals surface area (Å²) in [5, 5.41) is 8.63. The minimum atomic E-state index is -3.20. The first-order chi connectivity index (χ1) is 7.48. The van der Waals surface area contributed by atoms with Crippen LogP contribution in [0.1, 0.15) is 31.0 Å². The van der Waals surface area contributed by atoms with Crippen LogP contribution in [-0.4, -0.2) is 14.2 Å². The van der Waals surface area contributed by atoms with Crippen LogP contribution >= 0.6 is 0 Å². The van der Waals surface area contributed by atoms with Crippen LogP contribution < -0.4 is 4.72 Å². The molecule has 0 aliphatic rings. The van der Waals surface area contributed by atoms with E-state index in [9.17, 15) is 8.42 Å². The smallest absolute Gasteiger partial charge is 0.211 e. The number of nitriles is 1. The van der Waals surface area contributed by atoms with E-state index >= 15 is 0 Å². The molecule has 0 spiro atoms. The maximum absolute atomic E-state index is 11.3. The fourth-order valence-electron chi connectivity index (χ4n) is 1.27. The quantitative estimate of drug-likeness (QED) is 0.865. The van der Waals surface area contributed by atoms with Gasteiger partial charge in [-0.05, 0) is 31.5 Å². The van der Waals surface area contributed by atoms with Crippen LogP contribution in [0.25, 0.3) is 0 Å². The number of sulfonamides is 1. The zero-order valence-electron chi connectivity index (χ0n) is 9.27. The monoisotopic (exact) mass is 238 g/mol. The van der Waals surface area contributed by atoms with Gasteiger partial charge in [0.05, 0.1) is 17.4 Å². The highest BCUT2D eigenvalue weighted by atomic mass is 32.2. The molecule has 0 fully saturated rings. The van der Waals surface area contributed by atoms with Crippen LogP contribution in [0.5, 0.6) is 0 Å². The molecule has 1 rings (SSSR count). The van der Waals surface area contributed by atoms with E-state index in [2.05, 4.69) is 4.72 Å². The molecule has 0 amide bonds. The average molecular weight is 238 g/mol. The van der Waals surface area contributed by atoms with E-state index in [1.54, 1.807) is 38.1 Å². The Morgan fingerprint density at radius 3 is 2.38 bits per heavy atom. The highest BCUT2D eigenvalue weighted by Crippen LogP contribution is 2.14. The third-order valence-electron chi connectivity index (χ3n) is 2.28. The van der Waals surface area contributed by atoms with Crippen molar-refractivity contribution in [3.05, 3.63) is 35.4 Å². The molecular weight excluding hydrogens is 224 g/mol. The molecule has 0 saturated heterocycles. The van der Waals surface area contributed by atoms with Crippen molar-refractivity contribution in [1.29, 1.82) is 5.26 Å². The predicted octanol–water partition coefficient (Wildman–Crippen LogP) is 1.56. The van der Waals surface area contributed by atoms with Crippen molar-refractivity contribution in [2.24, 2.45) is 0 Å². The Hall–Kier alpha value is -1.38. The Morgan fingerprint density at radius 1 is 1.38 bits per heavy atom. The molecule has 0 heterocycles. The van der Waals surface area contributed by atoms with Gasteiger partial charge in [0.1, 0.15) is 0 Å². The van der Waals surface area contributed by atoms with Gasteiger partial charge in [0.2, 0.25) is 10.0 Å². The van der Waals surface area contributed by atoms with Gasteiger partial charge in [-0.15, -0.1) is 0 Å². The largest absolute Gasteiger partial charge is 0.212 e. The Kier molecular flexibility index (Phi) is 4.05. The van der Waals surface area contributed by atoms with E-state index in [4.69, 9.17) is 5.26 Å². The average Bonchev–Trinajstić information content (AvgIpc) is 2.28. The number of nitrogens with zero attached hydrogens (tertiary/aromatic N) is 1. The highest BCUT2D eigenvalue weighted by Gasteiger charge is 2.13. The van der Waals surface area contributed by atoms with E-state index in [-0.39, 0.29) is 11.8 Å². The SMILES string of the molecule is CCS(=O)(=O)NC(C)c1ccc(C#N)cc1. The Balaban J connectivity index is 2.82. The summed E-state index contributed by atoms with van der Waals surface area (Å²) < 4.78 is 25.2. The first-order valence-electron chi connectivity index (χ1n) is 4.98. The fraction of sp³-hybridized carbons (Fsp3) is 0.364. The molecule has 4 nitrogen and oxygen atoms in total. The molecule has 0 aliphatic heterocycles. The first kappa shape index (κ1) is 12.7. The van der Waals surface area contributed by atoms with E-state index < -0.39 is 10.0 Å². The lowest BCUT2D eigenvalue weighted by Crippen LogP contribution is -2.28. The Labute approximate surface area is 96.0 Å². The lowest BCUT2D eigenvalue weighted by Gasteiger charge is -2.13. The van der Waals surface area contributed by atoms with Gasteiger partial charge in [-0.1, -0.05) is 12.1 Å². The summed E-state index contributed by atoms with van der Waals surface area (Å²) >= 11 is 0. The molecule has 0 bridgehead atoms. The van der Waals surface area contributed by atoms with Gasteiger partial charge >= 0.3 is 0 Å². The molecule has 1 N–H and O–H groups in total. The van der Waals surface area contributed by atoms with Crippen molar-refractivity contribution in [2.45, 2.75) is 19.9 Å². The zero-order valence-corrected chi connectivity index (χ0v) is 10.1. The minimum Gasteiger partial charge on any atom is -0.212 e. The van der Waals surface area contributed by atoms with Crippen molar-refractivity contribution in [2.75, 3.05) is 5.75 Å². The molecular formula is C11H14N2O2S. The van der Waals surface area contributed by atoms with Crippen molar-refractivity contribution in [1.82, 2.24) is 4.72 Å². The molecule has 16 heavy (non-hydrogen) atoms. The summed E-state index contributed by atoms with van der Waals surface area (Å²) in [5.41, 5.74) is 1.41. The third kappa shape index (κ3) is 3.33. The number of nitrogens with one attached hydrogen (secondary N) is 1. The molecule has 0 radical (unpaired) electrons. The molecule has 0 aliphatic carbocycles. The van der Waals surface area contributed by atoms with E-state index in [1.807, 2.05) is 6.07 Å². The zero-order chi connectivity index (χ0) is 12.2. The summed E-state index contributed by atoms with van der Waals surface area (Å²) in [6.45, 7) is 3.36. The maximum Gasteiger partial charge on any atom is 0.211 e. The van der Waals surface area contributed by atoms with Crippen molar-refractivity contribution < 1.29 is 8.42 Å². The van der Waals surface area contributed by atoms with Gasteiger partial charge in [-0.3, -0.25) is 0 Å². The van der Waals surface area contributed by atoms with Gasteiger partial charge in [0.25, 0.3) is 0 Å². The topological polar surface area (TPSA) is 70.0 Å². The minimum absolute atomic E-state index is 0.0631. The summed E-state index contributed by atoms with van der Waals surface area (Å²) in [6.07, 6.45) is 0. The summed E-state index contributed by atoms with van der Waals surface area (Å²) in [6, 6.07) is 8.58. The van der Waals surface area contributed by atoms with E-state index in [1.165, 1.54) is 0 Å². The normalized spacial score (nSPS) is 13.1. The molecule has 86 valence electrons. The van der Waals surface area contributed by atoms with Crippen LogP contribution in [0, 0.1) is 11.3 Å². The molecule has 1 unspecified atom stereocenters. The first-order valence-corrected chi connectivity index (χ1v) is 6.64. The van der Waals surface area contributed by atoms with Crippen molar-refractivity contribution in [3.8, 4) is 6.07 Å².